The van der Waals surface area contributed by atoms with Crippen molar-refractivity contribution in [2.45, 2.75) is 6.04 Å². The molecule has 2 heterocycles. The Morgan fingerprint density at radius 1 is 1.50 bits per heavy atom. The summed E-state index contributed by atoms with van der Waals surface area (Å²) >= 11 is 0. The molecule has 2 N–H and O–H groups in total. The van der Waals surface area contributed by atoms with E-state index in [4.69, 9.17) is 0 Å². The maximum atomic E-state index is 10.3. The number of aromatic nitrogens is 2. The summed E-state index contributed by atoms with van der Waals surface area (Å²) in [4.78, 5) is 17.4. The molecule has 1 aliphatic heterocycles. The van der Waals surface area contributed by atoms with Crippen LogP contribution in [0.4, 0.5) is 11.6 Å². The van der Waals surface area contributed by atoms with Crippen molar-refractivity contribution in [3.63, 3.8) is 0 Å². The predicted molar refractivity (Wildman–Crippen MR) is 49.0 cm³/mol. The summed E-state index contributed by atoms with van der Waals surface area (Å²) < 4.78 is 0. The molecular formula is C7H9N5O2. The van der Waals surface area contributed by atoms with E-state index < -0.39 is 4.92 Å². The van der Waals surface area contributed by atoms with Crippen molar-refractivity contribution in [2.24, 2.45) is 0 Å². The molecule has 7 heteroatoms. The van der Waals surface area contributed by atoms with Crippen LogP contribution in [0.1, 0.15) is 0 Å². The van der Waals surface area contributed by atoms with Gasteiger partial charge in [-0.1, -0.05) is 0 Å². The normalized spacial score (nSPS) is 16.0. The maximum absolute atomic E-state index is 10.3. The minimum Gasteiger partial charge on any atom is -0.349 e. The van der Waals surface area contributed by atoms with Crippen LogP contribution in [-0.2, 0) is 0 Å². The van der Waals surface area contributed by atoms with Crippen LogP contribution in [0.25, 0.3) is 0 Å². The maximum Gasteiger partial charge on any atom is 0.305 e. The van der Waals surface area contributed by atoms with E-state index in [0.717, 1.165) is 13.1 Å². The Bertz CT molecular complexity index is 334. The number of anilines is 1. The van der Waals surface area contributed by atoms with E-state index >= 15 is 0 Å². The van der Waals surface area contributed by atoms with Gasteiger partial charge in [-0.2, -0.15) is 0 Å². The van der Waals surface area contributed by atoms with Crippen LogP contribution in [0.5, 0.6) is 0 Å². The van der Waals surface area contributed by atoms with Gasteiger partial charge in [0.15, 0.2) is 0 Å². The number of rotatable bonds is 3. The van der Waals surface area contributed by atoms with E-state index in [1.165, 1.54) is 12.4 Å². The average molecular weight is 195 g/mol. The lowest BCUT2D eigenvalue weighted by Gasteiger charge is -2.27. The second kappa shape index (κ2) is 3.54. The van der Waals surface area contributed by atoms with Gasteiger partial charge in [0, 0.05) is 13.1 Å². The fourth-order valence-electron chi connectivity index (χ4n) is 1.06. The van der Waals surface area contributed by atoms with Crippen molar-refractivity contribution < 1.29 is 4.92 Å². The first-order valence-electron chi connectivity index (χ1n) is 4.19. The minimum atomic E-state index is -0.519. The first-order valence-corrected chi connectivity index (χ1v) is 4.19. The largest absolute Gasteiger partial charge is 0.349 e. The molecule has 1 aliphatic rings. The van der Waals surface area contributed by atoms with Gasteiger partial charge in [0.2, 0.25) is 5.95 Å². The topological polar surface area (TPSA) is 93.0 Å². The Morgan fingerprint density at radius 3 is 2.57 bits per heavy atom. The number of nitrogens with one attached hydrogen (secondary N) is 2. The third kappa shape index (κ3) is 1.77. The molecule has 0 saturated carbocycles. The second-order valence-corrected chi connectivity index (χ2v) is 3.02. The van der Waals surface area contributed by atoms with E-state index in [2.05, 4.69) is 20.6 Å². The van der Waals surface area contributed by atoms with Crippen LogP contribution in [0.15, 0.2) is 12.4 Å². The van der Waals surface area contributed by atoms with Crippen LogP contribution in [0, 0.1) is 10.1 Å². The first kappa shape index (κ1) is 8.82. The van der Waals surface area contributed by atoms with E-state index in [9.17, 15) is 10.1 Å². The number of nitro groups is 1. The van der Waals surface area contributed by atoms with Crippen LogP contribution < -0.4 is 10.6 Å². The van der Waals surface area contributed by atoms with Gasteiger partial charge in [0.25, 0.3) is 0 Å². The van der Waals surface area contributed by atoms with Crippen LogP contribution in [0.3, 0.4) is 0 Å². The summed E-state index contributed by atoms with van der Waals surface area (Å²) in [7, 11) is 0. The Hall–Kier alpha value is -1.76. The van der Waals surface area contributed by atoms with Crippen LogP contribution in [-0.4, -0.2) is 34.0 Å². The Balaban J connectivity index is 2.01. The Labute approximate surface area is 79.7 Å². The first-order chi connectivity index (χ1) is 6.75. The molecule has 0 spiro atoms. The predicted octanol–water partition coefficient (Wildman–Crippen LogP) is -0.232. The van der Waals surface area contributed by atoms with Gasteiger partial charge in [0.05, 0.1) is 11.0 Å². The van der Waals surface area contributed by atoms with Gasteiger partial charge in [0.1, 0.15) is 12.4 Å². The standard InChI is InChI=1S/C7H9N5O2/c13-12(14)6-3-9-7(10-4-6)11-5-1-8-2-5/h3-5,8H,1-2H2,(H,9,10,11). The molecular weight excluding hydrogens is 186 g/mol. The van der Waals surface area contributed by atoms with Gasteiger partial charge in [-0.25, -0.2) is 9.97 Å². The van der Waals surface area contributed by atoms with Crippen molar-refractivity contribution in [1.29, 1.82) is 0 Å². The van der Waals surface area contributed by atoms with Gasteiger partial charge >= 0.3 is 5.69 Å². The van der Waals surface area contributed by atoms with Gasteiger partial charge in [-0.05, 0) is 0 Å². The molecule has 74 valence electrons. The van der Waals surface area contributed by atoms with Crippen molar-refractivity contribution in [3.05, 3.63) is 22.5 Å². The fraction of sp³-hybridized carbons (Fsp3) is 0.429. The molecule has 14 heavy (non-hydrogen) atoms. The molecule has 7 nitrogen and oxygen atoms in total. The molecule has 1 aromatic rings. The molecule has 1 saturated heterocycles. The van der Waals surface area contributed by atoms with E-state index in [-0.39, 0.29) is 5.69 Å². The smallest absolute Gasteiger partial charge is 0.305 e. The summed E-state index contributed by atoms with van der Waals surface area (Å²) in [6.07, 6.45) is 2.39. The number of nitrogens with zero attached hydrogens (tertiary/aromatic N) is 3. The zero-order valence-corrected chi connectivity index (χ0v) is 7.30. The number of hydrogen-bond donors (Lipinski definition) is 2. The van der Waals surface area contributed by atoms with Gasteiger partial charge < -0.3 is 10.6 Å². The third-order valence-corrected chi connectivity index (χ3v) is 1.96. The molecule has 0 aliphatic carbocycles. The summed E-state index contributed by atoms with van der Waals surface area (Å²) in [6, 6.07) is 0.330. The molecule has 0 aromatic carbocycles. The number of hydrogen-bond acceptors (Lipinski definition) is 6. The highest BCUT2D eigenvalue weighted by atomic mass is 16.6. The fourth-order valence-corrected chi connectivity index (χ4v) is 1.06. The Kier molecular flexibility index (Phi) is 2.23. The van der Waals surface area contributed by atoms with Gasteiger partial charge in [-0.15, -0.1) is 0 Å². The minimum absolute atomic E-state index is 0.0951. The zero-order chi connectivity index (χ0) is 9.97. The summed E-state index contributed by atoms with van der Waals surface area (Å²) in [5.41, 5.74) is -0.0951. The van der Waals surface area contributed by atoms with Crippen molar-refractivity contribution >= 4 is 11.6 Å². The highest BCUT2D eigenvalue weighted by Crippen LogP contribution is 2.09. The highest BCUT2D eigenvalue weighted by Gasteiger charge is 2.17. The van der Waals surface area contributed by atoms with Crippen molar-refractivity contribution in [1.82, 2.24) is 15.3 Å². The Morgan fingerprint density at radius 2 is 2.14 bits per heavy atom. The average Bonchev–Trinajstić information content (AvgIpc) is 2.12. The van der Waals surface area contributed by atoms with Crippen molar-refractivity contribution in [3.8, 4) is 0 Å². The molecule has 0 atom stereocenters. The molecule has 1 aromatic heterocycles. The molecule has 0 radical (unpaired) electrons. The summed E-state index contributed by atoms with van der Waals surface area (Å²) in [5.74, 6) is 0.433. The van der Waals surface area contributed by atoms with Crippen LogP contribution in [0.2, 0.25) is 0 Å². The summed E-state index contributed by atoms with van der Waals surface area (Å²) in [5, 5.41) is 16.4. The lowest BCUT2D eigenvalue weighted by molar-refractivity contribution is -0.385. The zero-order valence-electron chi connectivity index (χ0n) is 7.30. The molecule has 0 unspecified atom stereocenters. The molecule has 0 bridgehead atoms. The molecule has 1 fully saturated rings. The lowest BCUT2D eigenvalue weighted by Crippen LogP contribution is -2.51. The van der Waals surface area contributed by atoms with Gasteiger partial charge in [-0.3, -0.25) is 10.1 Å². The lowest BCUT2D eigenvalue weighted by atomic mass is 10.2. The molecule has 0 amide bonds. The monoisotopic (exact) mass is 195 g/mol. The SMILES string of the molecule is O=[N+]([O-])c1cnc(NC2CNC2)nc1. The second-order valence-electron chi connectivity index (χ2n) is 3.02. The van der Waals surface area contributed by atoms with E-state index in [1.54, 1.807) is 0 Å². The highest BCUT2D eigenvalue weighted by molar-refractivity contribution is 5.32. The summed E-state index contributed by atoms with van der Waals surface area (Å²) in [6.45, 7) is 1.75. The quantitative estimate of drug-likeness (QED) is 0.511. The third-order valence-electron chi connectivity index (χ3n) is 1.96. The molecule has 2 rings (SSSR count). The van der Waals surface area contributed by atoms with E-state index in [1.807, 2.05) is 0 Å². The van der Waals surface area contributed by atoms with E-state index in [0.29, 0.717) is 12.0 Å². The van der Waals surface area contributed by atoms with Crippen molar-refractivity contribution in [2.75, 3.05) is 18.4 Å². The van der Waals surface area contributed by atoms with Crippen LogP contribution >= 0.6 is 0 Å².